The number of carboxylic acids is 1. The Labute approximate surface area is 260 Å². The van der Waals surface area contributed by atoms with Crippen LogP contribution in [-0.4, -0.2) is 58.1 Å². The third-order valence-corrected chi connectivity index (χ3v) is 7.31. The number of hydrogen-bond donors (Lipinski definition) is 0. The molecule has 8 nitrogen and oxygen atoms in total. The molecule has 0 atom stereocenters. The van der Waals surface area contributed by atoms with E-state index < -0.39 is 22.8 Å². The van der Waals surface area contributed by atoms with Gasteiger partial charge in [-0.15, -0.1) is 0 Å². The fourth-order valence-corrected chi connectivity index (χ4v) is 5.26. The van der Waals surface area contributed by atoms with Crippen LogP contribution in [0.1, 0.15) is 30.6 Å². The molecule has 3 aromatic heterocycles. The molecule has 0 amide bonds. The van der Waals surface area contributed by atoms with Crippen LogP contribution in [0.15, 0.2) is 71.9 Å². The van der Waals surface area contributed by atoms with Gasteiger partial charge in [-0.3, -0.25) is 19.7 Å². The number of fused-ring (bicyclic) bond motifs is 4. The summed E-state index contributed by atoms with van der Waals surface area (Å²) < 4.78 is 16.4. The Bertz CT molecular complexity index is 1700. The number of piperazine rings is 1. The van der Waals surface area contributed by atoms with E-state index in [1.165, 1.54) is 6.20 Å². The number of carbonyl (C=O) groups excluding carboxylic acids is 1. The van der Waals surface area contributed by atoms with E-state index in [1.807, 2.05) is 24.0 Å². The average Bonchev–Trinajstić information content (AvgIpc) is 2.98. The van der Waals surface area contributed by atoms with Crippen LogP contribution in [0.4, 0.5) is 10.1 Å². The maximum absolute atomic E-state index is 14.7. The van der Waals surface area contributed by atoms with E-state index in [1.54, 1.807) is 23.0 Å². The molecule has 1 aliphatic heterocycles. The van der Waals surface area contributed by atoms with Crippen molar-refractivity contribution < 1.29 is 43.8 Å². The van der Waals surface area contributed by atoms with Crippen LogP contribution >= 0.6 is 0 Å². The standard InChI is InChI=1S/C19H24FN3O3.C12H8N2.ClH.Cu/c1-3-5-21-6-8-23(9-7-21)17-11-16-13(10-15(17)20)18(24)14(19(25)26)12-22(16)4-2;1-3-9-5-6-10-4-2-8-14-12(10)11(9)13-7-1;;/h10-12H,3-9H2,1-2H3,(H,25,26);1-8H;1H;/q;;;+2/p-2. The molecule has 0 bridgehead atoms. The van der Waals surface area contributed by atoms with E-state index in [0.29, 0.717) is 17.7 Å². The van der Waals surface area contributed by atoms with Crippen LogP contribution < -0.4 is 27.8 Å². The van der Waals surface area contributed by atoms with E-state index in [2.05, 4.69) is 46.1 Å². The molecule has 1 aliphatic rings. The molecule has 1 saturated heterocycles. The largest absolute Gasteiger partial charge is 2.00 e. The third-order valence-electron chi connectivity index (χ3n) is 7.31. The van der Waals surface area contributed by atoms with Gasteiger partial charge in [0.15, 0.2) is 5.43 Å². The van der Waals surface area contributed by atoms with Crippen molar-refractivity contribution in [1.29, 1.82) is 0 Å². The van der Waals surface area contributed by atoms with Crippen molar-refractivity contribution in [2.75, 3.05) is 37.6 Å². The molecular weight excluding hydrogens is 608 g/mol. The van der Waals surface area contributed by atoms with Gasteiger partial charge in [-0.2, -0.15) is 0 Å². The normalized spacial score (nSPS) is 13.3. The molecule has 4 heterocycles. The van der Waals surface area contributed by atoms with Gasteiger partial charge in [0.25, 0.3) is 0 Å². The SMILES string of the molecule is CCCN1CCN(c2cc3c(cc2F)c(=O)c(C(=O)[O-])cn3CC)CC1.[Cl-].[Cu+2].c1cnc2c(c1)ccc1cccnc12. The number of hydrogen-bond acceptors (Lipinski definition) is 7. The summed E-state index contributed by atoms with van der Waals surface area (Å²) in [5.74, 6) is -2.05. The van der Waals surface area contributed by atoms with Gasteiger partial charge in [0.05, 0.1) is 33.8 Å². The number of carboxylic acid groups (broad SMARTS) is 1. The summed E-state index contributed by atoms with van der Waals surface area (Å²) in [6, 6.07) is 15.0. The Kier molecular flexibility index (Phi) is 11.4. The third kappa shape index (κ3) is 6.73. The minimum atomic E-state index is -1.55. The zero-order valence-electron chi connectivity index (χ0n) is 23.3. The summed E-state index contributed by atoms with van der Waals surface area (Å²) in [6.45, 7) is 8.66. The summed E-state index contributed by atoms with van der Waals surface area (Å²) in [5.41, 5.74) is 1.80. The number of pyridine rings is 3. The van der Waals surface area contributed by atoms with Gasteiger partial charge >= 0.3 is 17.1 Å². The van der Waals surface area contributed by atoms with Gasteiger partial charge < -0.3 is 31.8 Å². The van der Waals surface area contributed by atoms with E-state index in [-0.39, 0.29) is 34.9 Å². The quantitative estimate of drug-likeness (QED) is 0.208. The van der Waals surface area contributed by atoms with E-state index in [4.69, 9.17) is 0 Å². The van der Waals surface area contributed by atoms with Crippen LogP contribution in [0.5, 0.6) is 0 Å². The van der Waals surface area contributed by atoms with Gasteiger partial charge in [0.2, 0.25) is 0 Å². The minimum absolute atomic E-state index is 0. The molecule has 0 unspecified atom stereocenters. The van der Waals surface area contributed by atoms with Crippen LogP contribution in [0.25, 0.3) is 32.7 Å². The topological polar surface area (TPSA) is 94.4 Å². The first-order valence-corrected chi connectivity index (χ1v) is 13.5. The second-order valence-corrected chi connectivity index (χ2v) is 9.81. The smallest absolute Gasteiger partial charge is 1.00 e. The number of carbonyl (C=O) groups is 1. The van der Waals surface area contributed by atoms with Crippen molar-refractivity contribution in [2.24, 2.45) is 0 Å². The number of nitrogens with zero attached hydrogens (tertiary/aromatic N) is 5. The van der Waals surface area contributed by atoms with E-state index in [9.17, 15) is 19.1 Å². The van der Waals surface area contributed by atoms with Gasteiger partial charge in [-0.05, 0) is 44.2 Å². The van der Waals surface area contributed by atoms with Crippen molar-refractivity contribution >= 4 is 44.4 Å². The van der Waals surface area contributed by atoms with Crippen LogP contribution in [-0.2, 0) is 23.6 Å². The first-order valence-electron chi connectivity index (χ1n) is 13.5. The van der Waals surface area contributed by atoms with Gasteiger partial charge in [-0.1, -0.05) is 31.2 Å². The van der Waals surface area contributed by atoms with E-state index >= 15 is 0 Å². The first-order chi connectivity index (χ1) is 19.4. The Balaban J connectivity index is 0.000000255. The molecule has 0 N–H and O–H groups in total. The number of halogens is 2. The molecule has 1 radical (unpaired) electrons. The van der Waals surface area contributed by atoms with Gasteiger partial charge in [-0.25, -0.2) is 4.39 Å². The number of rotatable bonds is 5. The predicted molar refractivity (Wildman–Crippen MR) is 154 cm³/mol. The molecule has 0 spiro atoms. The number of aromatic nitrogens is 3. The first kappa shape index (κ1) is 32.9. The second-order valence-electron chi connectivity index (χ2n) is 9.81. The minimum Gasteiger partial charge on any atom is -1.00 e. The summed E-state index contributed by atoms with van der Waals surface area (Å²) in [6.07, 6.45) is 5.97. The summed E-state index contributed by atoms with van der Waals surface area (Å²) in [4.78, 5) is 36.6. The van der Waals surface area contributed by atoms with Crippen molar-refractivity contribution in [2.45, 2.75) is 26.8 Å². The molecular formula is C31H31ClCuFN5O3. The molecule has 1 fully saturated rings. The van der Waals surface area contributed by atoms with Crippen molar-refractivity contribution in [3.05, 3.63) is 88.7 Å². The van der Waals surface area contributed by atoms with E-state index in [0.717, 1.165) is 67.0 Å². The Hall–Kier alpha value is -3.56. The van der Waals surface area contributed by atoms with Gasteiger partial charge in [0, 0.05) is 67.5 Å². The average molecular weight is 640 g/mol. The van der Waals surface area contributed by atoms with Crippen LogP contribution in [0.2, 0.25) is 0 Å². The summed E-state index contributed by atoms with van der Waals surface area (Å²) >= 11 is 0. The molecule has 0 aliphatic carbocycles. The monoisotopic (exact) mass is 638 g/mol. The molecule has 223 valence electrons. The number of anilines is 1. The van der Waals surface area contributed by atoms with Crippen LogP contribution in [0, 0.1) is 5.82 Å². The Morgan fingerprint density at radius 1 is 0.952 bits per heavy atom. The number of aromatic carboxylic acids is 1. The molecule has 2 aromatic carbocycles. The molecule has 5 aromatic rings. The predicted octanol–water partition coefficient (Wildman–Crippen LogP) is 0.841. The second kappa shape index (κ2) is 14.6. The zero-order chi connectivity index (χ0) is 28.2. The number of aryl methyl sites for hydroxylation is 1. The fourth-order valence-electron chi connectivity index (χ4n) is 5.26. The van der Waals surface area contributed by atoms with Crippen molar-refractivity contribution in [3.8, 4) is 0 Å². The summed E-state index contributed by atoms with van der Waals surface area (Å²) in [7, 11) is 0. The molecule has 42 heavy (non-hydrogen) atoms. The summed E-state index contributed by atoms with van der Waals surface area (Å²) in [5, 5.41) is 13.5. The maximum atomic E-state index is 14.7. The van der Waals surface area contributed by atoms with Crippen molar-refractivity contribution in [1.82, 2.24) is 19.4 Å². The van der Waals surface area contributed by atoms with Crippen molar-refractivity contribution in [3.63, 3.8) is 0 Å². The number of benzene rings is 2. The van der Waals surface area contributed by atoms with Gasteiger partial charge in [0.1, 0.15) is 5.82 Å². The maximum Gasteiger partial charge on any atom is 2.00 e. The molecule has 0 saturated carbocycles. The Morgan fingerprint density at radius 3 is 2.07 bits per heavy atom. The zero-order valence-corrected chi connectivity index (χ0v) is 25.0. The van der Waals surface area contributed by atoms with Crippen LogP contribution in [0.3, 0.4) is 0 Å². The molecule has 6 rings (SSSR count). The molecule has 11 heteroatoms. The fraction of sp³-hybridized carbons (Fsp3) is 0.290. The Morgan fingerprint density at radius 2 is 1.55 bits per heavy atom.